The fourth-order valence-corrected chi connectivity index (χ4v) is 0.541. The van der Waals surface area contributed by atoms with Gasteiger partial charge >= 0.3 is 5.97 Å². The summed E-state index contributed by atoms with van der Waals surface area (Å²) in [5.74, 6) is -0.258. The van der Waals surface area contributed by atoms with Crippen molar-refractivity contribution in [3.63, 3.8) is 0 Å². The molecule has 0 spiro atoms. The average molecular weight is 167 g/mol. The minimum Gasteiger partial charge on any atom is -0.466 e. The Morgan fingerprint density at radius 2 is 2.20 bits per heavy atom. The van der Waals surface area contributed by atoms with E-state index in [9.17, 15) is 4.79 Å². The van der Waals surface area contributed by atoms with Gasteiger partial charge < -0.3 is 9.47 Å². The molecule has 0 saturated heterocycles. The first-order valence-corrected chi connectivity index (χ1v) is 3.58. The highest BCUT2D eigenvalue weighted by molar-refractivity contribution is 6.17. The number of halogens is 1. The monoisotopic (exact) mass is 166 g/mol. The Hall–Kier alpha value is -0.280. The first-order chi connectivity index (χ1) is 4.77. The highest BCUT2D eigenvalue weighted by atomic mass is 35.5. The fraction of sp³-hybridized carbons (Fsp3) is 0.833. The molecule has 0 aromatic rings. The van der Waals surface area contributed by atoms with E-state index < -0.39 is 0 Å². The van der Waals surface area contributed by atoms with Gasteiger partial charge in [0.1, 0.15) is 6.07 Å². The molecule has 0 aliphatic rings. The number of hydrogen-bond acceptors (Lipinski definition) is 3. The minimum absolute atomic E-state index is 0.195. The minimum atomic E-state index is -0.258. The number of hydrogen-bond donors (Lipinski definition) is 0. The predicted molar refractivity (Wildman–Crippen MR) is 37.9 cm³/mol. The third-order valence-corrected chi connectivity index (χ3v) is 0.970. The van der Waals surface area contributed by atoms with Crippen LogP contribution in [0.4, 0.5) is 0 Å². The van der Waals surface area contributed by atoms with Crippen molar-refractivity contribution in [2.45, 2.75) is 13.3 Å². The standard InChI is InChI=1S/C6H11ClO3/c1-6(8)10-4-2-3-9-5-7/h2-5H2,1H3. The second-order valence-corrected chi connectivity index (χ2v) is 1.93. The maximum atomic E-state index is 10.2. The average Bonchev–Trinajstić information content (AvgIpc) is 1.87. The zero-order valence-electron chi connectivity index (χ0n) is 5.93. The van der Waals surface area contributed by atoms with Gasteiger partial charge in [-0.1, -0.05) is 11.6 Å². The molecule has 60 valence electrons. The summed E-state index contributed by atoms with van der Waals surface area (Å²) in [6.45, 7) is 2.32. The van der Waals surface area contributed by atoms with Crippen LogP contribution in [0.2, 0.25) is 0 Å². The Morgan fingerprint density at radius 1 is 1.50 bits per heavy atom. The predicted octanol–water partition coefficient (Wildman–Crippen LogP) is 1.15. The number of rotatable bonds is 5. The number of carbonyl (C=O) groups excluding carboxylic acids is 1. The molecule has 0 N–H and O–H groups in total. The first-order valence-electron chi connectivity index (χ1n) is 3.04. The van der Waals surface area contributed by atoms with Crippen LogP contribution in [0, 0.1) is 0 Å². The number of ether oxygens (including phenoxy) is 2. The molecular weight excluding hydrogens is 156 g/mol. The molecule has 0 saturated carbocycles. The fourth-order valence-electron chi connectivity index (χ4n) is 0.431. The van der Waals surface area contributed by atoms with Gasteiger partial charge in [0.2, 0.25) is 0 Å². The van der Waals surface area contributed by atoms with Crippen LogP contribution in [0.25, 0.3) is 0 Å². The molecule has 3 nitrogen and oxygen atoms in total. The van der Waals surface area contributed by atoms with Crippen molar-refractivity contribution in [3.8, 4) is 0 Å². The molecule has 0 aliphatic carbocycles. The molecule has 0 aromatic heterocycles. The van der Waals surface area contributed by atoms with E-state index in [4.69, 9.17) is 16.3 Å². The maximum absolute atomic E-state index is 10.2. The van der Waals surface area contributed by atoms with Gasteiger partial charge in [0.05, 0.1) is 13.2 Å². The van der Waals surface area contributed by atoms with E-state index >= 15 is 0 Å². The van der Waals surface area contributed by atoms with E-state index in [1.807, 2.05) is 0 Å². The molecule has 0 rings (SSSR count). The van der Waals surface area contributed by atoms with Gasteiger partial charge in [-0.2, -0.15) is 0 Å². The van der Waals surface area contributed by atoms with Crippen molar-refractivity contribution in [1.29, 1.82) is 0 Å². The molecular formula is C6H11ClO3. The lowest BCUT2D eigenvalue weighted by molar-refractivity contribution is -0.141. The molecule has 0 unspecified atom stereocenters. The van der Waals surface area contributed by atoms with Gasteiger partial charge in [0.15, 0.2) is 0 Å². The normalized spacial score (nSPS) is 9.40. The van der Waals surface area contributed by atoms with Crippen molar-refractivity contribution >= 4 is 17.6 Å². The molecule has 0 bridgehead atoms. The van der Waals surface area contributed by atoms with Gasteiger partial charge in [-0.25, -0.2) is 0 Å². The maximum Gasteiger partial charge on any atom is 0.302 e. The van der Waals surface area contributed by atoms with Gasteiger partial charge in [-0.3, -0.25) is 4.79 Å². The molecule has 0 heterocycles. The molecule has 0 amide bonds. The number of alkyl halides is 1. The second-order valence-electron chi connectivity index (χ2n) is 1.71. The smallest absolute Gasteiger partial charge is 0.302 e. The Kier molecular flexibility index (Phi) is 6.64. The third kappa shape index (κ3) is 7.72. The van der Waals surface area contributed by atoms with E-state index in [1.165, 1.54) is 6.92 Å². The van der Waals surface area contributed by atoms with E-state index in [1.54, 1.807) is 0 Å². The summed E-state index contributed by atoms with van der Waals surface area (Å²) < 4.78 is 9.42. The van der Waals surface area contributed by atoms with Crippen LogP contribution >= 0.6 is 11.6 Å². The SMILES string of the molecule is CC(=O)OCCCOCCl. The quantitative estimate of drug-likeness (QED) is 0.349. The number of esters is 1. The van der Waals surface area contributed by atoms with E-state index in [0.29, 0.717) is 19.6 Å². The summed E-state index contributed by atoms with van der Waals surface area (Å²) in [4.78, 5) is 10.2. The topological polar surface area (TPSA) is 35.5 Å². The van der Waals surface area contributed by atoms with Crippen LogP contribution in [0.1, 0.15) is 13.3 Å². The molecule has 0 aliphatic heterocycles. The van der Waals surface area contributed by atoms with E-state index in [2.05, 4.69) is 4.74 Å². The van der Waals surface area contributed by atoms with Crippen LogP contribution in [0.3, 0.4) is 0 Å². The first kappa shape index (κ1) is 9.72. The summed E-state index contributed by atoms with van der Waals surface area (Å²) in [7, 11) is 0. The molecule has 10 heavy (non-hydrogen) atoms. The largest absolute Gasteiger partial charge is 0.466 e. The summed E-state index contributed by atoms with van der Waals surface area (Å²) in [5, 5.41) is 0. The zero-order chi connectivity index (χ0) is 7.82. The summed E-state index contributed by atoms with van der Waals surface area (Å²) in [5.41, 5.74) is 0. The molecule has 0 radical (unpaired) electrons. The Morgan fingerprint density at radius 3 is 2.70 bits per heavy atom. The lowest BCUT2D eigenvalue weighted by Crippen LogP contribution is -2.03. The summed E-state index contributed by atoms with van der Waals surface area (Å²) in [6, 6.07) is 0.195. The number of carbonyl (C=O) groups is 1. The van der Waals surface area contributed by atoms with Gasteiger partial charge in [0, 0.05) is 13.3 Å². The molecule has 4 heteroatoms. The summed E-state index contributed by atoms with van der Waals surface area (Å²) >= 11 is 5.21. The van der Waals surface area contributed by atoms with Crippen molar-refractivity contribution < 1.29 is 14.3 Å². The van der Waals surface area contributed by atoms with Crippen LogP contribution in [0.15, 0.2) is 0 Å². The van der Waals surface area contributed by atoms with Crippen molar-refractivity contribution in [3.05, 3.63) is 0 Å². The Labute approximate surface area is 65.3 Å². The molecule has 0 fully saturated rings. The van der Waals surface area contributed by atoms with Crippen molar-refractivity contribution in [2.24, 2.45) is 0 Å². The second kappa shape index (κ2) is 6.83. The van der Waals surface area contributed by atoms with Crippen LogP contribution in [-0.2, 0) is 14.3 Å². The van der Waals surface area contributed by atoms with E-state index in [-0.39, 0.29) is 12.0 Å². The molecule has 0 aromatic carbocycles. The van der Waals surface area contributed by atoms with Crippen LogP contribution in [-0.4, -0.2) is 25.2 Å². The molecule has 0 atom stereocenters. The lowest BCUT2D eigenvalue weighted by atomic mass is 10.5. The lowest BCUT2D eigenvalue weighted by Gasteiger charge is -2.00. The van der Waals surface area contributed by atoms with Gasteiger partial charge in [-0.15, -0.1) is 0 Å². The zero-order valence-corrected chi connectivity index (χ0v) is 6.69. The van der Waals surface area contributed by atoms with Crippen LogP contribution in [0.5, 0.6) is 0 Å². The van der Waals surface area contributed by atoms with Crippen LogP contribution < -0.4 is 0 Å². The summed E-state index contributed by atoms with van der Waals surface area (Å²) in [6.07, 6.45) is 0.701. The van der Waals surface area contributed by atoms with Crippen molar-refractivity contribution in [2.75, 3.05) is 19.3 Å². The Bertz CT molecular complexity index is 95.0. The van der Waals surface area contributed by atoms with Gasteiger partial charge in [-0.05, 0) is 0 Å². The van der Waals surface area contributed by atoms with E-state index in [0.717, 1.165) is 0 Å². The highest BCUT2D eigenvalue weighted by Gasteiger charge is 1.91. The third-order valence-electron chi connectivity index (χ3n) is 0.815. The van der Waals surface area contributed by atoms with Crippen molar-refractivity contribution in [1.82, 2.24) is 0 Å². The van der Waals surface area contributed by atoms with Gasteiger partial charge in [0.25, 0.3) is 0 Å². The highest BCUT2D eigenvalue weighted by Crippen LogP contribution is 1.86. The Balaban J connectivity index is 2.84.